The summed E-state index contributed by atoms with van der Waals surface area (Å²) in [5.41, 5.74) is 1.39. The van der Waals surface area contributed by atoms with Crippen molar-refractivity contribution in [3.05, 3.63) is 36.0 Å². The number of ether oxygens (including phenoxy) is 1. The molecular weight excluding hydrogens is 224 g/mol. The summed E-state index contributed by atoms with van der Waals surface area (Å²) in [6.07, 6.45) is 4.32. The van der Waals surface area contributed by atoms with Crippen molar-refractivity contribution in [3.63, 3.8) is 0 Å². The van der Waals surface area contributed by atoms with Gasteiger partial charge in [-0.05, 0) is 48.4 Å². The molecule has 18 heavy (non-hydrogen) atoms. The fourth-order valence-electron chi connectivity index (χ4n) is 2.71. The van der Waals surface area contributed by atoms with Gasteiger partial charge in [0.1, 0.15) is 0 Å². The highest BCUT2D eigenvalue weighted by Gasteiger charge is 2.16. The third kappa shape index (κ3) is 2.06. The summed E-state index contributed by atoms with van der Waals surface area (Å²) in [5, 5.41) is 5.77. The second-order valence-corrected chi connectivity index (χ2v) is 4.84. The average molecular weight is 242 g/mol. The molecular formula is C15H18N2O. The first kappa shape index (κ1) is 11.5. The molecule has 2 aromatic rings. The van der Waals surface area contributed by atoms with Gasteiger partial charge < -0.3 is 10.1 Å². The summed E-state index contributed by atoms with van der Waals surface area (Å²) in [7, 11) is 1.68. The van der Waals surface area contributed by atoms with Gasteiger partial charge in [-0.25, -0.2) is 4.98 Å². The molecule has 3 nitrogen and oxygen atoms in total. The zero-order valence-corrected chi connectivity index (χ0v) is 10.6. The lowest BCUT2D eigenvalue weighted by Gasteiger charge is -2.23. The molecule has 0 amide bonds. The number of nitrogens with zero attached hydrogens (tertiary/aromatic N) is 1. The van der Waals surface area contributed by atoms with Gasteiger partial charge in [-0.2, -0.15) is 0 Å². The van der Waals surface area contributed by atoms with E-state index in [1.807, 2.05) is 6.07 Å². The van der Waals surface area contributed by atoms with Crippen LogP contribution in [0.5, 0.6) is 5.88 Å². The molecule has 1 N–H and O–H groups in total. The van der Waals surface area contributed by atoms with Crippen LogP contribution in [-0.4, -0.2) is 25.2 Å². The third-order valence-electron chi connectivity index (χ3n) is 3.72. The van der Waals surface area contributed by atoms with Crippen LogP contribution in [0.25, 0.3) is 10.8 Å². The van der Waals surface area contributed by atoms with Crippen LogP contribution in [0.4, 0.5) is 0 Å². The molecule has 3 rings (SSSR count). The molecule has 1 saturated heterocycles. The van der Waals surface area contributed by atoms with Gasteiger partial charge >= 0.3 is 0 Å². The Morgan fingerprint density at radius 2 is 2.28 bits per heavy atom. The summed E-state index contributed by atoms with van der Waals surface area (Å²) in [4.78, 5) is 4.27. The van der Waals surface area contributed by atoms with Gasteiger partial charge in [-0.1, -0.05) is 12.1 Å². The number of hydrogen-bond donors (Lipinski definition) is 1. The molecule has 1 unspecified atom stereocenters. The predicted octanol–water partition coefficient (Wildman–Crippen LogP) is 2.71. The van der Waals surface area contributed by atoms with Gasteiger partial charge in [-0.3, -0.25) is 0 Å². The van der Waals surface area contributed by atoms with Gasteiger partial charge in [0.15, 0.2) is 0 Å². The summed E-state index contributed by atoms with van der Waals surface area (Å²) < 4.78 is 5.34. The van der Waals surface area contributed by atoms with Crippen molar-refractivity contribution < 1.29 is 4.74 Å². The van der Waals surface area contributed by atoms with Crippen LogP contribution in [0.2, 0.25) is 0 Å². The Bertz CT molecular complexity index is 547. The standard InChI is InChI=1S/C15H18N2O/c1-18-15-14-9-12(13-3-2-7-16-10-13)5-4-11(14)6-8-17-15/h4-6,8-9,13,16H,2-3,7,10H2,1H3. The number of pyridine rings is 1. The first-order valence-corrected chi connectivity index (χ1v) is 6.52. The second kappa shape index (κ2) is 4.94. The first-order chi connectivity index (χ1) is 8.88. The van der Waals surface area contributed by atoms with E-state index in [1.165, 1.54) is 23.8 Å². The van der Waals surface area contributed by atoms with Crippen molar-refractivity contribution in [3.8, 4) is 5.88 Å². The van der Waals surface area contributed by atoms with E-state index in [4.69, 9.17) is 4.74 Å². The normalized spacial score (nSPS) is 19.9. The van der Waals surface area contributed by atoms with Gasteiger partial charge in [0.2, 0.25) is 5.88 Å². The minimum atomic E-state index is 0.619. The molecule has 1 aliphatic rings. The number of hydrogen-bond acceptors (Lipinski definition) is 3. The van der Waals surface area contributed by atoms with Crippen molar-refractivity contribution in [2.75, 3.05) is 20.2 Å². The van der Waals surface area contributed by atoms with Crippen molar-refractivity contribution >= 4 is 10.8 Å². The first-order valence-electron chi connectivity index (χ1n) is 6.52. The van der Waals surface area contributed by atoms with E-state index in [1.54, 1.807) is 13.3 Å². The topological polar surface area (TPSA) is 34.1 Å². The molecule has 94 valence electrons. The number of methoxy groups -OCH3 is 1. The predicted molar refractivity (Wildman–Crippen MR) is 73.1 cm³/mol. The number of aromatic nitrogens is 1. The lowest BCUT2D eigenvalue weighted by Crippen LogP contribution is -2.28. The molecule has 0 aliphatic carbocycles. The minimum Gasteiger partial charge on any atom is -0.481 e. The van der Waals surface area contributed by atoms with Gasteiger partial charge in [-0.15, -0.1) is 0 Å². The Hall–Kier alpha value is -1.61. The molecule has 0 radical (unpaired) electrons. The monoisotopic (exact) mass is 242 g/mol. The summed E-state index contributed by atoms with van der Waals surface area (Å²) in [6.45, 7) is 2.23. The van der Waals surface area contributed by atoms with E-state index >= 15 is 0 Å². The van der Waals surface area contributed by atoms with E-state index in [-0.39, 0.29) is 0 Å². The van der Waals surface area contributed by atoms with Crippen molar-refractivity contribution in [1.82, 2.24) is 10.3 Å². The van der Waals surface area contributed by atoms with Crippen LogP contribution in [0, 0.1) is 0 Å². The zero-order valence-electron chi connectivity index (χ0n) is 10.6. The largest absolute Gasteiger partial charge is 0.481 e. The Labute approximate surface area is 107 Å². The molecule has 2 heterocycles. The van der Waals surface area contributed by atoms with Crippen LogP contribution < -0.4 is 10.1 Å². The van der Waals surface area contributed by atoms with Crippen LogP contribution in [0.3, 0.4) is 0 Å². The second-order valence-electron chi connectivity index (χ2n) is 4.84. The Morgan fingerprint density at radius 3 is 3.06 bits per heavy atom. The minimum absolute atomic E-state index is 0.619. The van der Waals surface area contributed by atoms with E-state index in [2.05, 4.69) is 28.5 Å². The van der Waals surface area contributed by atoms with Crippen LogP contribution in [-0.2, 0) is 0 Å². The molecule has 0 saturated carbocycles. The van der Waals surface area contributed by atoms with Gasteiger partial charge in [0, 0.05) is 18.1 Å². The molecule has 0 bridgehead atoms. The fraction of sp³-hybridized carbons (Fsp3) is 0.400. The van der Waals surface area contributed by atoms with Crippen molar-refractivity contribution in [2.45, 2.75) is 18.8 Å². The van der Waals surface area contributed by atoms with E-state index < -0.39 is 0 Å². The Morgan fingerprint density at radius 1 is 1.33 bits per heavy atom. The molecule has 1 aliphatic heterocycles. The van der Waals surface area contributed by atoms with Crippen LogP contribution in [0.15, 0.2) is 30.5 Å². The maximum Gasteiger partial charge on any atom is 0.221 e. The third-order valence-corrected chi connectivity index (χ3v) is 3.72. The SMILES string of the molecule is COc1nccc2ccc(C3CCCNC3)cc12. The lowest BCUT2D eigenvalue weighted by atomic mass is 9.90. The Kier molecular flexibility index (Phi) is 3.15. The van der Waals surface area contributed by atoms with E-state index in [0.717, 1.165) is 24.4 Å². The smallest absolute Gasteiger partial charge is 0.221 e. The van der Waals surface area contributed by atoms with Gasteiger partial charge in [0.05, 0.1) is 7.11 Å². The molecule has 1 aromatic heterocycles. The van der Waals surface area contributed by atoms with E-state index in [9.17, 15) is 0 Å². The van der Waals surface area contributed by atoms with Crippen molar-refractivity contribution in [2.24, 2.45) is 0 Å². The zero-order chi connectivity index (χ0) is 12.4. The number of benzene rings is 1. The quantitative estimate of drug-likeness (QED) is 0.879. The molecule has 3 heteroatoms. The number of piperidine rings is 1. The van der Waals surface area contributed by atoms with E-state index in [0.29, 0.717) is 5.92 Å². The van der Waals surface area contributed by atoms with Crippen LogP contribution in [0.1, 0.15) is 24.3 Å². The summed E-state index contributed by atoms with van der Waals surface area (Å²) in [5.74, 6) is 1.34. The average Bonchev–Trinajstić information content (AvgIpc) is 2.47. The molecule has 0 spiro atoms. The molecule has 1 aromatic carbocycles. The number of nitrogens with one attached hydrogen (secondary N) is 1. The highest BCUT2D eigenvalue weighted by Crippen LogP contribution is 2.29. The van der Waals surface area contributed by atoms with Crippen molar-refractivity contribution in [1.29, 1.82) is 0 Å². The number of rotatable bonds is 2. The molecule has 1 fully saturated rings. The maximum absolute atomic E-state index is 5.34. The Balaban J connectivity index is 2.03. The fourth-order valence-corrected chi connectivity index (χ4v) is 2.71. The summed E-state index contributed by atoms with van der Waals surface area (Å²) >= 11 is 0. The highest BCUT2D eigenvalue weighted by molar-refractivity contribution is 5.87. The molecule has 1 atom stereocenters. The summed E-state index contributed by atoms with van der Waals surface area (Å²) in [6, 6.07) is 8.67. The van der Waals surface area contributed by atoms with Gasteiger partial charge in [0.25, 0.3) is 0 Å². The highest BCUT2D eigenvalue weighted by atomic mass is 16.5. The lowest BCUT2D eigenvalue weighted by molar-refractivity contribution is 0.403. The maximum atomic E-state index is 5.34. The van der Waals surface area contributed by atoms with Crippen LogP contribution >= 0.6 is 0 Å². The number of fused-ring (bicyclic) bond motifs is 1.